The van der Waals surface area contributed by atoms with Crippen molar-refractivity contribution in [1.82, 2.24) is 5.32 Å². The minimum atomic E-state index is -0.487. The number of carbonyl (C=O) groups is 3. The molecular formula is C22H29NO4S. The van der Waals surface area contributed by atoms with Crippen molar-refractivity contribution in [3.8, 4) is 0 Å². The number of nitrogens with one attached hydrogen (secondary N) is 1. The summed E-state index contributed by atoms with van der Waals surface area (Å²) in [4.78, 5) is 38.7. The van der Waals surface area contributed by atoms with Crippen LogP contribution < -0.4 is 5.32 Å². The van der Waals surface area contributed by atoms with Crippen molar-refractivity contribution in [3.63, 3.8) is 0 Å². The van der Waals surface area contributed by atoms with Crippen LogP contribution in [-0.4, -0.2) is 29.8 Å². The van der Waals surface area contributed by atoms with Crippen LogP contribution >= 0.6 is 11.3 Å². The molecule has 4 saturated carbocycles. The molecule has 152 valence electrons. The van der Waals surface area contributed by atoms with Crippen molar-refractivity contribution in [1.29, 1.82) is 0 Å². The molecule has 0 aliphatic heterocycles. The average molecular weight is 404 g/mol. The number of thiophene rings is 1. The maximum atomic E-state index is 12.4. The molecule has 0 atom stereocenters. The van der Waals surface area contributed by atoms with Gasteiger partial charge in [-0.1, -0.05) is 0 Å². The molecule has 1 aromatic rings. The molecule has 4 aliphatic rings. The zero-order valence-electron chi connectivity index (χ0n) is 16.7. The molecule has 1 N–H and O–H groups in total. The van der Waals surface area contributed by atoms with Crippen molar-refractivity contribution in [2.75, 3.05) is 6.61 Å². The fourth-order valence-corrected chi connectivity index (χ4v) is 7.01. The maximum Gasteiger partial charge on any atom is 0.306 e. The Morgan fingerprint density at radius 2 is 1.68 bits per heavy atom. The molecule has 1 amide bonds. The van der Waals surface area contributed by atoms with E-state index >= 15 is 0 Å². The van der Waals surface area contributed by atoms with Crippen LogP contribution in [0.25, 0.3) is 0 Å². The summed E-state index contributed by atoms with van der Waals surface area (Å²) in [5.41, 5.74) is 0.623. The quantitative estimate of drug-likeness (QED) is 0.553. The van der Waals surface area contributed by atoms with Crippen LogP contribution in [0.4, 0.5) is 0 Å². The molecule has 5 rings (SSSR count). The standard InChI is InChI=1S/C22H29NO4S/c1-13-5-18(14(2)28-13)19(24)3-4-21(26)27-12-20(25)23-22-9-15-6-16(10-22)8-17(7-15)11-22/h5,15-17H,3-4,6-12H2,1-2H3,(H,23,25). The summed E-state index contributed by atoms with van der Waals surface area (Å²) < 4.78 is 5.14. The van der Waals surface area contributed by atoms with Gasteiger partial charge in [0.2, 0.25) is 0 Å². The van der Waals surface area contributed by atoms with Crippen LogP contribution in [0.1, 0.15) is 71.5 Å². The number of hydrogen-bond acceptors (Lipinski definition) is 5. The Morgan fingerprint density at radius 3 is 2.21 bits per heavy atom. The highest BCUT2D eigenvalue weighted by Crippen LogP contribution is 2.55. The van der Waals surface area contributed by atoms with E-state index in [1.165, 1.54) is 19.3 Å². The molecule has 28 heavy (non-hydrogen) atoms. The van der Waals surface area contributed by atoms with Gasteiger partial charge in [0.15, 0.2) is 12.4 Å². The van der Waals surface area contributed by atoms with Gasteiger partial charge < -0.3 is 10.1 Å². The average Bonchev–Trinajstić information content (AvgIpc) is 2.94. The predicted octanol–water partition coefficient (Wildman–Crippen LogP) is 3.96. The van der Waals surface area contributed by atoms with Crippen LogP contribution in [0.15, 0.2) is 6.07 Å². The number of ether oxygens (including phenoxy) is 1. The maximum absolute atomic E-state index is 12.4. The summed E-state index contributed by atoms with van der Waals surface area (Å²) in [6.07, 6.45) is 7.32. The van der Waals surface area contributed by atoms with Gasteiger partial charge in [-0.05, 0) is 76.2 Å². The van der Waals surface area contributed by atoms with Gasteiger partial charge in [-0.25, -0.2) is 0 Å². The Kier molecular flexibility index (Phi) is 5.34. The lowest BCUT2D eigenvalue weighted by Gasteiger charge is -2.56. The second-order valence-corrected chi connectivity index (χ2v) is 10.6. The predicted molar refractivity (Wildman–Crippen MR) is 107 cm³/mol. The molecule has 1 heterocycles. The highest BCUT2D eigenvalue weighted by molar-refractivity contribution is 7.12. The lowest BCUT2D eigenvalue weighted by atomic mass is 9.53. The van der Waals surface area contributed by atoms with Gasteiger partial charge in [0.1, 0.15) is 0 Å². The van der Waals surface area contributed by atoms with Crippen LogP contribution in [0.3, 0.4) is 0 Å². The number of Topliss-reactive ketones (excluding diaryl/α,β-unsaturated/α-hetero) is 1. The molecule has 0 unspecified atom stereocenters. The number of ketones is 1. The summed E-state index contributed by atoms with van der Waals surface area (Å²) in [5.74, 6) is 1.53. The smallest absolute Gasteiger partial charge is 0.306 e. The topological polar surface area (TPSA) is 72.5 Å². The second-order valence-electron chi connectivity index (χ2n) is 9.16. The van der Waals surface area contributed by atoms with Crippen molar-refractivity contribution in [2.24, 2.45) is 17.8 Å². The van der Waals surface area contributed by atoms with Gasteiger partial charge in [0, 0.05) is 27.3 Å². The molecule has 0 saturated heterocycles. The number of hydrogen-bond donors (Lipinski definition) is 1. The van der Waals surface area contributed by atoms with E-state index in [1.807, 2.05) is 19.9 Å². The molecule has 4 fully saturated rings. The molecule has 4 bridgehead atoms. The molecular weight excluding hydrogens is 374 g/mol. The first kappa shape index (κ1) is 19.6. The fraction of sp³-hybridized carbons (Fsp3) is 0.682. The molecule has 4 aliphatic carbocycles. The van der Waals surface area contributed by atoms with E-state index in [-0.39, 0.29) is 36.7 Å². The van der Waals surface area contributed by atoms with E-state index in [2.05, 4.69) is 5.32 Å². The van der Waals surface area contributed by atoms with Crippen LogP contribution in [0.5, 0.6) is 0 Å². The fourth-order valence-electron chi connectivity index (χ4n) is 6.07. The first-order valence-electron chi connectivity index (χ1n) is 10.4. The highest BCUT2D eigenvalue weighted by atomic mass is 32.1. The minimum Gasteiger partial charge on any atom is -0.456 e. The monoisotopic (exact) mass is 403 g/mol. The van der Waals surface area contributed by atoms with Crippen molar-refractivity contribution < 1.29 is 19.1 Å². The van der Waals surface area contributed by atoms with Crippen molar-refractivity contribution in [3.05, 3.63) is 21.4 Å². The molecule has 5 nitrogen and oxygen atoms in total. The third-order valence-corrected chi connectivity index (χ3v) is 7.67. The Labute approximate surface area is 170 Å². The first-order chi connectivity index (χ1) is 13.3. The van der Waals surface area contributed by atoms with Crippen molar-refractivity contribution >= 4 is 29.0 Å². The van der Waals surface area contributed by atoms with E-state index in [0.717, 1.165) is 46.8 Å². The number of esters is 1. The summed E-state index contributed by atoms with van der Waals surface area (Å²) in [5, 5.41) is 3.20. The first-order valence-corrected chi connectivity index (χ1v) is 11.2. The minimum absolute atomic E-state index is 0.0117. The van der Waals surface area contributed by atoms with Gasteiger partial charge in [-0.15, -0.1) is 11.3 Å². The third-order valence-electron chi connectivity index (χ3n) is 6.70. The second kappa shape index (κ2) is 7.62. The number of amides is 1. The summed E-state index contributed by atoms with van der Waals surface area (Å²) in [6.45, 7) is 3.63. The summed E-state index contributed by atoms with van der Waals surface area (Å²) in [6, 6.07) is 1.87. The number of aryl methyl sites for hydroxylation is 2. The van der Waals surface area contributed by atoms with Gasteiger partial charge >= 0.3 is 5.97 Å². The van der Waals surface area contributed by atoms with Crippen LogP contribution in [0, 0.1) is 31.6 Å². The summed E-state index contributed by atoms with van der Waals surface area (Å²) in [7, 11) is 0. The number of rotatable bonds is 7. The molecule has 0 spiro atoms. The SMILES string of the molecule is Cc1cc(C(=O)CCC(=O)OCC(=O)NC23CC4CC(CC(C4)C2)C3)c(C)s1. The van der Waals surface area contributed by atoms with E-state index in [9.17, 15) is 14.4 Å². The normalized spacial score (nSPS) is 30.3. The summed E-state index contributed by atoms with van der Waals surface area (Å²) >= 11 is 1.58. The lowest BCUT2D eigenvalue weighted by molar-refractivity contribution is -0.150. The van der Waals surface area contributed by atoms with Crippen LogP contribution in [0.2, 0.25) is 0 Å². The zero-order chi connectivity index (χ0) is 19.9. The van der Waals surface area contributed by atoms with Gasteiger partial charge in [-0.3, -0.25) is 14.4 Å². The number of carbonyl (C=O) groups excluding carboxylic acids is 3. The molecule has 0 radical (unpaired) electrons. The Hall–Kier alpha value is -1.69. The highest BCUT2D eigenvalue weighted by Gasteiger charge is 2.51. The van der Waals surface area contributed by atoms with Gasteiger partial charge in [0.05, 0.1) is 6.42 Å². The van der Waals surface area contributed by atoms with Crippen LogP contribution in [-0.2, 0) is 14.3 Å². The van der Waals surface area contributed by atoms with E-state index in [0.29, 0.717) is 5.56 Å². The zero-order valence-corrected chi connectivity index (χ0v) is 17.5. The van der Waals surface area contributed by atoms with E-state index in [4.69, 9.17) is 4.74 Å². The van der Waals surface area contributed by atoms with Gasteiger partial charge in [-0.2, -0.15) is 0 Å². The molecule has 0 aromatic carbocycles. The Morgan fingerprint density at radius 1 is 1.07 bits per heavy atom. The molecule has 1 aromatic heterocycles. The molecule has 6 heteroatoms. The van der Waals surface area contributed by atoms with E-state index in [1.54, 1.807) is 11.3 Å². The third kappa shape index (κ3) is 4.17. The Balaban J connectivity index is 1.21. The Bertz CT molecular complexity index is 761. The van der Waals surface area contributed by atoms with Crippen molar-refractivity contribution in [2.45, 2.75) is 70.8 Å². The van der Waals surface area contributed by atoms with Gasteiger partial charge in [0.25, 0.3) is 5.91 Å². The lowest BCUT2D eigenvalue weighted by Crippen LogP contribution is -2.60. The largest absolute Gasteiger partial charge is 0.456 e. The van der Waals surface area contributed by atoms with E-state index < -0.39 is 5.97 Å².